The van der Waals surface area contributed by atoms with Gasteiger partial charge < -0.3 is 9.26 Å². The highest BCUT2D eigenvalue weighted by atomic mass is 16.5. The molecule has 1 rings (SSSR count). The molecule has 17 heavy (non-hydrogen) atoms. The van der Waals surface area contributed by atoms with Gasteiger partial charge in [0.25, 0.3) is 0 Å². The van der Waals surface area contributed by atoms with E-state index >= 15 is 0 Å². The van der Waals surface area contributed by atoms with Crippen LogP contribution in [0.2, 0.25) is 0 Å². The van der Waals surface area contributed by atoms with Gasteiger partial charge in [0.1, 0.15) is 0 Å². The fourth-order valence-corrected chi connectivity index (χ4v) is 1.31. The van der Waals surface area contributed by atoms with Crippen LogP contribution in [-0.4, -0.2) is 23.2 Å². The van der Waals surface area contributed by atoms with E-state index in [1.54, 1.807) is 0 Å². The molecule has 0 atom stereocenters. The first-order valence-electron chi connectivity index (χ1n) is 5.83. The first-order chi connectivity index (χ1) is 7.93. The average Bonchev–Trinajstić information content (AvgIpc) is 2.72. The number of unbranched alkanes of at least 4 members (excludes halogenated alkanes) is 1. The Morgan fingerprint density at radius 2 is 2.06 bits per heavy atom. The minimum atomic E-state index is -0.173. The van der Waals surface area contributed by atoms with Crippen molar-refractivity contribution in [1.82, 2.24) is 10.1 Å². The van der Waals surface area contributed by atoms with Crippen molar-refractivity contribution >= 4 is 5.97 Å². The molecule has 96 valence electrons. The Balaban J connectivity index is 2.33. The van der Waals surface area contributed by atoms with Gasteiger partial charge in [-0.15, -0.1) is 0 Å². The van der Waals surface area contributed by atoms with Crippen molar-refractivity contribution in [2.24, 2.45) is 0 Å². The third-order valence-electron chi connectivity index (χ3n) is 2.37. The highest BCUT2D eigenvalue weighted by Gasteiger charge is 2.21. The van der Waals surface area contributed by atoms with Gasteiger partial charge in [0.2, 0.25) is 5.89 Å². The van der Waals surface area contributed by atoms with Crippen molar-refractivity contribution in [3.63, 3.8) is 0 Å². The Kier molecular flexibility index (Phi) is 4.66. The number of ether oxygens (including phenoxy) is 1. The summed E-state index contributed by atoms with van der Waals surface area (Å²) in [7, 11) is 1.40. The van der Waals surface area contributed by atoms with Gasteiger partial charge in [-0.3, -0.25) is 4.79 Å². The van der Waals surface area contributed by atoms with Crippen LogP contribution in [0.4, 0.5) is 0 Å². The topological polar surface area (TPSA) is 65.2 Å². The van der Waals surface area contributed by atoms with E-state index < -0.39 is 0 Å². The Morgan fingerprint density at radius 1 is 1.35 bits per heavy atom. The smallest absolute Gasteiger partial charge is 0.305 e. The summed E-state index contributed by atoms with van der Waals surface area (Å²) in [6, 6.07) is 0. The number of aryl methyl sites for hydroxylation is 1. The number of esters is 1. The molecule has 1 heterocycles. The van der Waals surface area contributed by atoms with E-state index in [0.717, 1.165) is 19.3 Å². The van der Waals surface area contributed by atoms with Crippen LogP contribution in [0.5, 0.6) is 0 Å². The molecule has 0 amide bonds. The summed E-state index contributed by atoms with van der Waals surface area (Å²) in [5.41, 5.74) is -0.114. The van der Waals surface area contributed by atoms with Gasteiger partial charge in [0.05, 0.1) is 7.11 Å². The maximum atomic E-state index is 10.9. The van der Waals surface area contributed by atoms with Crippen LogP contribution in [0, 0.1) is 0 Å². The van der Waals surface area contributed by atoms with E-state index in [0.29, 0.717) is 18.1 Å². The lowest BCUT2D eigenvalue weighted by Gasteiger charge is -2.10. The molecule has 0 aliphatic heterocycles. The van der Waals surface area contributed by atoms with Gasteiger partial charge >= 0.3 is 5.97 Å². The molecule has 0 fully saturated rings. The van der Waals surface area contributed by atoms with Crippen LogP contribution >= 0.6 is 0 Å². The van der Waals surface area contributed by atoms with Gasteiger partial charge in [0, 0.05) is 18.3 Å². The Labute approximate surface area is 102 Å². The Hall–Kier alpha value is -1.39. The lowest BCUT2D eigenvalue weighted by Crippen LogP contribution is -2.11. The van der Waals surface area contributed by atoms with Gasteiger partial charge in [-0.2, -0.15) is 4.98 Å². The molecule has 0 N–H and O–H groups in total. The van der Waals surface area contributed by atoms with Crippen LogP contribution < -0.4 is 0 Å². The van der Waals surface area contributed by atoms with Crippen molar-refractivity contribution in [3.05, 3.63) is 11.7 Å². The maximum absolute atomic E-state index is 10.9. The first kappa shape index (κ1) is 13.7. The lowest BCUT2D eigenvalue weighted by atomic mass is 9.97. The van der Waals surface area contributed by atoms with Crippen LogP contribution in [0.25, 0.3) is 0 Å². The quantitative estimate of drug-likeness (QED) is 0.583. The Morgan fingerprint density at radius 3 is 2.59 bits per heavy atom. The monoisotopic (exact) mass is 240 g/mol. The summed E-state index contributed by atoms with van der Waals surface area (Å²) in [4.78, 5) is 15.2. The molecule has 5 heteroatoms. The van der Waals surface area contributed by atoms with E-state index in [-0.39, 0.29) is 11.4 Å². The fourth-order valence-electron chi connectivity index (χ4n) is 1.31. The molecule has 1 aromatic rings. The number of rotatable bonds is 5. The number of nitrogens with zero attached hydrogens (tertiary/aromatic N) is 2. The summed E-state index contributed by atoms with van der Waals surface area (Å²) >= 11 is 0. The molecule has 0 aliphatic carbocycles. The second-order valence-corrected chi connectivity index (χ2v) is 5.05. The number of methoxy groups -OCH3 is 1. The third-order valence-corrected chi connectivity index (χ3v) is 2.37. The minimum Gasteiger partial charge on any atom is -0.469 e. The number of hydrogen-bond acceptors (Lipinski definition) is 5. The molecule has 5 nitrogen and oxygen atoms in total. The van der Waals surface area contributed by atoms with Crippen LogP contribution in [-0.2, 0) is 21.4 Å². The zero-order chi connectivity index (χ0) is 12.9. The summed E-state index contributed by atoms with van der Waals surface area (Å²) in [6.45, 7) is 6.09. The zero-order valence-electron chi connectivity index (χ0n) is 10.9. The standard InChI is InChI=1S/C12H20N2O3/c1-12(2,3)11-13-9(14-17-11)7-5-6-8-10(15)16-4/h5-8H2,1-4H3. The van der Waals surface area contributed by atoms with Gasteiger partial charge in [-0.25, -0.2) is 0 Å². The van der Waals surface area contributed by atoms with E-state index in [1.807, 2.05) is 20.8 Å². The van der Waals surface area contributed by atoms with E-state index in [9.17, 15) is 4.79 Å². The second kappa shape index (κ2) is 5.80. The largest absolute Gasteiger partial charge is 0.469 e. The van der Waals surface area contributed by atoms with Crippen molar-refractivity contribution in [2.45, 2.75) is 51.9 Å². The van der Waals surface area contributed by atoms with Crippen molar-refractivity contribution < 1.29 is 14.1 Å². The lowest BCUT2D eigenvalue weighted by molar-refractivity contribution is -0.140. The second-order valence-electron chi connectivity index (χ2n) is 5.05. The number of carbonyl (C=O) groups excluding carboxylic acids is 1. The van der Waals surface area contributed by atoms with E-state index in [4.69, 9.17) is 4.52 Å². The molecule has 0 bridgehead atoms. The normalized spacial score (nSPS) is 11.5. The van der Waals surface area contributed by atoms with Crippen molar-refractivity contribution in [2.75, 3.05) is 7.11 Å². The maximum Gasteiger partial charge on any atom is 0.305 e. The minimum absolute atomic E-state index is 0.114. The summed E-state index contributed by atoms with van der Waals surface area (Å²) in [6.07, 6.45) is 2.82. The van der Waals surface area contributed by atoms with Crippen LogP contribution in [0.3, 0.4) is 0 Å². The molecule has 0 radical (unpaired) electrons. The van der Waals surface area contributed by atoms with Crippen molar-refractivity contribution in [3.8, 4) is 0 Å². The molecular weight excluding hydrogens is 220 g/mol. The van der Waals surface area contributed by atoms with Gasteiger partial charge in [-0.1, -0.05) is 25.9 Å². The third kappa shape index (κ3) is 4.54. The summed E-state index contributed by atoms with van der Waals surface area (Å²) in [5.74, 6) is 1.19. The van der Waals surface area contributed by atoms with Crippen LogP contribution in [0.1, 0.15) is 51.7 Å². The molecule has 0 aromatic carbocycles. The molecule has 1 aromatic heterocycles. The number of carbonyl (C=O) groups is 1. The Bertz CT molecular complexity index is 366. The first-order valence-corrected chi connectivity index (χ1v) is 5.83. The highest BCUT2D eigenvalue weighted by molar-refractivity contribution is 5.68. The predicted octanol–water partition coefficient (Wildman–Crippen LogP) is 2.25. The molecule has 0 saturated heterocycles. The fraction of sp³-hybridized carbons (Fsp3) is 0.750. The molecule has 0 spiro atoms. The number of hydrogen-bond donors (Lipinski definition) is 0. The summed E-state index contributed by atoms with van der Waals surface area (Å²) in [5, 5.41) is 3.92. The van der Waals surface area contributed by atoms with E-state index in [2.05, 4.69) is 14.9 Å². The number of aromatic nitrogens is 2. The predicted molar refractivity (Wildman–Crippen MR) is 62.6 cm³/mol. The zero-order valence-corrected chi connectivity index (χ0v) is 10.9. The molecular formula is C12H20N2O3. The van der Waals surface area contributed by atoms with Crippen molar-refractivity contribution in [1.29, 1.82) is 0 Å². The average molecular weight is 240 g/mol. The molecule has 0 saturated carbocycles. The van der Waals surface area contributed by atoms with Gasteiger partial charge in [0.15, 0.2) is 5.82 Å². The van der Waals surface area contributed by atoms with E-state index in [1.165, 1.54) is 7.11 Å². The summed E-state index contributed by atoms with van der Waals surface area (Å²) < 4.78 is 9.74. The van der Waals surface area contributed by atoms with Crippen LogP contribution in [0.15, 0.2) is 4.52 Å². The molecule has 0 aliphatic rings. The highest BCUT2D eigenvalue weighted by Crippen LogP contribution is 2.20. The van der Waals surface area contributed by atoms with Gasteiger partial charge in [-0.05, 0) is 12.8 Å². The SMILES string of the molecule is COC(=O)CCCCc1noc(C(C)(C)C)n1. The molecule has 0 unspecified atom stereocenters.